The molecule has 1 aliphatic carbocycles. The molecular weight excluding hydrogens is 370 g/mol. The molecule has 3 rings (SSSR count). The van der Waals surface area contributed by atoms with Gasteiger partial charge in [0.05, 0.1) is 12.4 Å². The zero-order valence-corrected chi connectivity index (χ0v) is 18.2. The number of benzene rings is 2. The van der Waals surface area contributed by atoms with Crippen molar-refractivity contribution in [1.29, 1.82) is 0 Å². The molecular formula is C23H31NO3S. The fourth-order valence-electron chi connectivity index (χ4n) is 4.29. The highest BCUT2D eigenvalue weighted by atomic mass is 32.2. The molecule has 0 fully saturated rings. The van der Waals surface area contributed by atoms with Gasteiger partial charge < -0.3 is 10.1 Å². The van der Waals surface area contributed by atoms with Gasteiger partial charge in [-0.1, -0.05) is 25.1 Å². The Kier molecular flexibility index (Phi) is 6.46. The van der Waals surface area contributed by atoms with Crippen LogP contribution >= 0.6 is 0 Å². The third-order valence-electron chi connectivity index (χ3n) is 5.42. The number of aryl methyl sites for hydroxylation is 2. The van der Waals surface area contributed by atoms with Crippen LogP contribution in [-0.2, 0) is 16.3 Å². The molecule has 2 aromatic rings. The third-order valence-corrected chi connectivity index (χ3v) is 6.46. The maximum atomic E-state index is 11.2. The Morgan fingerprint density at radius 1 is 1.18 bits per heavy atom. The number of hydrogen-bond donors (Lipinski definition) is 1. The molecule has 0 saturated carbocycles. The fourth-order valence-corrected chi connectivity index (χ4v) is 4.93. The van der Waals surface area contributed by atoms with Gasteiger partial charge in [-0.05, 0) is 85.2 Å². The SMILES string of the molecule is CCN[C@@H]1CCc2c(-c3c(C)cc(OCCCS(C)(=O)=O)cc3C)cccc21. The minimum Gasteiger partial charge on any atom is -0.494 e. The fraction of sp³-hybridized carbons (Fsp3) is 0.478. The Labute approximate surface area is 169 Å². The van der Waals surface area contributed by atoms with E-state index in [4.69, 9.17) is 4.74 Å². The summed E-state index contributed by atoms with van der Waals surface area (Å²) in [5, 5.41) is 3.59. The Morgan fingerprint density at radius 3 is 2.54 bits per heavy atom. The van der Waals surface area contributed by atoms with Crippen molar-refractivity contribution in [3.05, 3.63) is 52.6 Å². The second-order valence-electron chi connectivity index (χ2n) is 7.79. The Morgan fingerprint density at radius 2 is 1.89 bits per heavy atom. The monoisotopic (exact) mass is 401 g/mol. The molecule has 0 radical (unpaired) electrons. The lowest BCUT2D eigenvalue weighted by Crippen LogP contribution is -2.18. The summed E-state index contributed by atoms with van der Waals surface area (Å²) >= 11 is 0. The van der Waals surface area contributed by atoms with Gasteiger partial charge in [-0.2, -0.15) is 0 Å². The number of rotatable bonds is 8. The van der Waals surface area contributed by atoms with Crippen molar-refractivity contribution in [1.82, 2.24) is 5.32 Å². The highest BCUT2D eigenvalue weighted by molar-refractivity contribution is 7.90. The maximum absolute atomic E-state index is 11.2. The second kappa shape index (κ2) is 8.66. The van der Waals surface area contributed by atoms with E-state index in [0.717, 1.165) is 25.1 Å². The molecule has 0 heterocycles. The summed E-state index contributed by atoms with van der Waals surface area (Å²) in [6, 6.07) is 11.2. The molecule has 4 nitrogen and oxygen atoms in total. The lowest BCUT2D eigenvalue weighted by Gasteiger charge is -2.18. The summed E-state index contributed by atoms with van der Waals surface area (Å²) < 4.78 is 28.3. The van der Waals surface area contributed by atoms with Crippen molar-refractivity contribution in [2.45, 2.75) is 46.1 Å². The molecule has 0 aromatic heterocycles. The highest BCUT2D eigenvalue weighted by Crippen LogP contribution is 2.40. The first-order chi connectivity index (χ1) is 13.3. The minimum absolute atomic E-state index is 0.159. The first-order valence-electron chi connectivity index (χ1n) is 10.1. The van der Waals surface area contributed by atoms with E-state index in [0.29, 0.717) is 19.1 Å². The molecule has 152 valence electrons. The van der Waals surface area contributed by atoms with E-state index >= 15 is 0 Å². The van der Waals surface area contributed by atoms with Crippen molar-refractivity contribution in [2.75, 3.05) is 25.2 Å². The second-order valence-corrected chi connectivity index (χ2v) is 10.0. The largest absolute Gasteiger partial charge is 0.494 e. The van der Waals surface area contributed by atoms with Crippen LogP contribution in [-0.4, -0.2) is 33.6 Å². The van der Waals surface area contributed by atoms with Gasteiger partial charge in [-0.15, -0.1) is 0 Å². The Balaban J connectivity index is 1.83. The van der Waals surface area contributed by atoms with Gasteiger partial charge in [0.15, 0.2) is 0 Å². The summed E-state index contributed by atoms with van der Waals surface area (Å²) in [5.74, 6) is 0.969. The van der Waals surface area contributed by atoms with Crippen molar-refractivity contribution in [3.8, 4) is 16.9 Å². The average Bonchev–Trinajstić information content (AvgIpc) is 3.02. The van der Waals surface area contributed by atoms with E-state index in [-0.39, 0.29) is 5.75 Å². The summed E-state index contributed by atoms with van der Waals surface area (Å²) in [5.41, 5.74) is 7.89. The maximum Gasteiger partial charge on any atom is 0.147 e. The normalized spacial score (nSPS) is 16.2. The average molecular weight is 402 g/mol. The van der Waals surface area contributed by atoms with Crippen molar-refractivity contribution < 1.29 is 13.2 Å². The summed E-state index contributed by atoms with van der Waals surface area (Å²) in [6.07, 6.45) is 4.03. The van der Waals surface area contributed by atoms with Gasteiger partial charge in [-0.25, -0.2) is 8.42 Å². The van der Waals surface area contributed by atoms with E-state index in [1.54, 1.807) is 0 Å². The number of hydrogen-bond acceptors (Lipinski definition) is 4. The summed E-state index contributed by atoms with van der Waals surface area (Å²) in [6.45, 7) is 7.81. The molecule has 28 heavy (non-hydrogen) atoms. The van der Waals surface area contributed by atoms with E-state index in [9.17, 15) is 8.42 Å². The lowest BCUT2D eigenvalue weighted by atomic mass is 9.90. The summed E-state index contributed by atoms with van der Waals surface area (Å²) in [7, 11) is -2.94. The van der Waals surface area contributed by atoms with Crippen LogP contribution in [0.3, 0.4) is 0 Å². The Bertz CT molecular complexity index is 927. The Hall–Kier alpha value is -1.85. The molecule has 1 N–H and O–H groups in total. The predicted octanol–water partition coefficient (Wildman–Crippen LogP) is 4.38. The van der Waals surface area contributed by atoms with E-state index < -0.39 is 9.84 Å². The smallest absolute Gasteiger partial charge is 0.147 e. The van der Waals surface area contributed by atoms with Gasteiger partial charge >= 0.3 is 0 Å². The number of fused-ring (bicyclic) bond motifs is 1. The van der Waals surface area contributed by atoms with Gasteiger partial charge in [0.2, 0.25) is 0 Å². The van der Waals surface area contributed by atoms with Crippen LogP contribution in [0.25, 0.3) is 11.1 Å². The van der Waals surface area contributed by atoms with Gasteiger partial charge in [0, 0.05) is 12.3 Å². The molecule has 1 atom stereocenters. The predicted molar refractivity (Wildman–Crippen MR) is 116 cm³/mol. The van der Waals surface area contributed by atoms with Crippen LogP contribution in [0.1, 0.15) is 48.1 Å². The molecule has 0 unspecified atom stereocenters. The molecule has 1 aliphatic rings. The van der Waals surface area contributed by atoms with Crippen molar-refractivity contribution >= 4 is 9.84 Å². The van der Waals surface area contributed by atoms with Gasteiger partial charge in [-0.3, -0.25) is 0 Å². The van der Waals surface area contributed by atoms with Crippen LogP contribution in [0.2, 0.25) is 0 Å². The van der Waals surface area contributed by atoms with Crippen LogP contribution in [0.5, 0.6) is 5.75 Å². The van der Waals surface area contributed by atoms with Gasteiger partial charge in [0.1, 0.15) is 15.6 Å². The minimum atomic E-state index is -2.94. The third kappa shape index (κ3) is 4.76. The van der Waals surface area contributed by atoms with E-state index in [1.807, 2.05) is 0 Å². The number of nitrogens with one attached hydrogen (secondary N) is 1. The van der Waals surface area contributed by atoms with Crippen LogP contribution in [0.4, 0.5) is 0 Å². The molecule has 5 heteroatoms. The standard InChI is InChI=1S/C23H31NO3S/c1-5-24-22-11-10-19-20(22)8-6-9-21(19)23-16(2)14-18(15-17(23)3)27-12-7-13-28(4,25)26/h6,8-9,14-15,22,24H,5,7,10-13H2,1-4H3/t22-/m1/s1. The topological polar surface area (TPSA) is 55.4 Å². The first kappa shape index (κ1) is 20.9. The van der Waals surface area contributed by atoms with E-state index in [1.165, 1.54) is 39.6 Å². The van der Waals surface area contributed by atoms with Crippen LogP contribution < -0.4 is 10.1 Å². The number of ether oxygens (including phenoxy) is 1. The van der Waals surface area contributed by atoms with Crippen LogP contribution in [0, 0.1) is 13.8 Å². The van der Waals surface area contributed by atoms with Crippen LogP contribution in [0.15, 0.2) is 30.3 Å². The quantitative estimate of drug-likeness (QED) is 0.667. The molecule has 0 spiro atoms. The molecule has 0 amide bonds. The zero-order valence-electron chi connectivity index (χ0n) is 17.3. The lowest BCUT2D eigenvalue weighted by molar-refractivity contribution is 0.317. The van der Waals surface area contributed by atoms with Crippen molar-refractivity contribution in [3.63, 3.8) is 0 Å². The summed E-state index contributed by atoms with van der Waals surface area (Å²) in [4.78, 5) is 0. The molecule has 2 aromatic carbocycles. The molecule has 0 saturated heterocycles. The first-order valence-corrected chi connectivity index (χ1v) is 12.1. The highest BCUT2D eigenvalue weighted by Gasteiger charge is 2.25. The number of sulfone groups is 1. The molecule has 0 aliphatic heterocycles. The van der Waals surface area contributed by atoms with E-state index in [2.05, 4.69) is 56.4 Å². The zero-order chi connectivity index (χ0) is 20.3. The molecule has 0 bridgehead atoms. The van der Waals surface area contributed by atoms with Gasteiger partial charge in [0.25, 0.3) is 0 Å². The van der Waals surface area contributed by atoms with Crippen molar-refractivity contribution in [2.24, 2.45) is 0 Å².